The molecule has 1 heterocycles. The summed E-state index contributed by atoms with van der Waals surface area (Å²) in [6.07, 6.45) is 0.248. The van der Waals surface area contributed by atoms with Crippen molar-refractivity contribution in [2.24, 2.45) is 0 Å². The van der Waals surface area contributed by atoms with Gasteiger partial charge in [0, 0.05) is 17.8 Å². The largest absolute Gasteiger partial charge is 0.454 e. The molecule has 1 aromatic heterocycles. The summed E-state index contributed by atoms with van der Waals surface area (Å²) in [6.45, 7) is 1.39. The van der Waals surface area contributed by atoms with Gasteiger partial charge in [-0.05, 0) is 43.0 Å². The highest BCUT2D eigenvalue weighted by atomic mass is 32.2. The van der Waals surface area contributed by atoms with E-state index in [-0.39, 0.29) is 27.9 Å². The first-order chi connectivity index (χ1) is 10.9. The van der Waals surface area contributed by atoms with Crippen molar-refractivity contribution in [2.75, 3.05) is 0 Å². The van der Waals surface area contributed by atoms with Crippen molar-refractivity contribution in [3.8, 4) is 0 Å². The molecule has 0 amide bonds. The summed E-state index contributed by atoms with van der Waals surface area (Å²) in [5, 5.41) is -0.181. The number of hydrogen-bond donors (Lipinski definition) is 0. The van der Waals surface area contributed by atoms with Crippen molar-refractivity contribution in [2.45, 2.75) is 23.8 Å². The van der Waals surface area contributed by atoms with Crippen molar-refractivity contribution in [3.05, 3.63) is 59.3 Å². The molecule has 23 heavy (non-hydrogen) atoms. The number of nitrogens with zero attached hydrogens (tertiary/aromatic N) is 1. The minimum atomic E-state index is -2.75. The molecule has 1 atom stereocenters. The Morgan fingerprint density at radius 2 is 2.00 bits per heavy atom. The summed E-state index contributed by atoms with van der Waals surface area (Å²) in [7, 11) is 0. The van der Waals surface area contributed by atoms with Crippen LogP contribution in [0.4, 0.5) is 17.6 Å². The van der Waals surface area contributed by atoms with Gasteiger partial charge in [0.05, 0.1) is 5.56 Å². The number of esters is 1. The van der Waals surface area contributed by atoms with E-state index >= 15 is 0 Å². The van der Waals surface area contributed by atoms with Crippen LogP contribution < -0.4 is 0 Å². The van der Waals surface area contributed by atoms with Gasteiger partial charge < -0.3 is 4.74 Å². The van der Waals surface area contributed by atoms with Crippen LogP contribution in [0.25, 0.3) is 0 Å². The van der Waals surface area contributed by atoms with Gasteiger partial charge in [0.25, 0.3) is 5.76 Å². The summed E-state index contributed by atoms with van der Waals surface area (Å²) in [4.78, 5) is 15.8. The van der Waals surface area contributed by atoms with Crippen molar-refractivity contribution in [1.29, 1.82) is 0 Å². The van der Waals surface area contributed by atoms with E-state index in [1.807, 2.05) is 0 Å². The van der Waals surface area contributed by atoms with E-state index in [9.17, 15) is 22.4 Å². The van der Waals surface area contributed by atoms with Crippen molar-refractivity contribution in [3.63, 3.8) is 0 Å². The number of halogens is 4. The Morgan fingerprint density at radius 3 is 2.65 bits per heavy atom. The van der Waals surface area contributed by atoms with Gasteiger partial charge in [0.2, 0.25) is 0 Å². The van der Waals surface area contributed by atoms with Crippen molar-refractivity contribution < 1.29 is 27.1 Å². The summed E-state index contributed by atoms with van der Waals surface area (Å²) < 4.78 is 56.5. The van der Waals surface area contributed by atoms with Crippen LogP contribution in [0.2, 0.25) is 0 Å². The van der Waals surface area contributed by atoms with Gasteiger partial charge >= 0.3 is 5.97 Å². The van der Waals surface area contributed by atoms with Crippen LogP contribution in [-0.4, -0.2) is 16.7 Å². The predicted molar refractivity (Wildman–Crippen MR) is 76.3 cm³/mol. The van der Waals surface area contributed by atoms with Crippen LogP contribution >= 0.6 is 11.8 Å². The second-order valence-corrected chi connectivity index (χ2v) is 5.43. The summed E-state index contributed by atoms with van der Waals surface area (Å²) in [6, 6.07) is 5.54. The quantitative estimate of drug-likeness (QED) is 0.451. The third-order valence-electron chi connectivity index (χ3n) is 2.88. The molecule has 8 heteroatoms. The first-order valence-electron chi connectivity index (χ1n) is 6.44. The monoisotopic (exact) mass is 345 g/mol. The second-order valence-electron chi connectivity index (χ2n) is 4.45. The Labute approximate surface area is 133 Å². The lowest BCUT2D eigenvalue weighted by molar-refractivity contribution is 0.0326. The molecule has 0 aliphatic heterocycles. The minimum absolute atomic E-state index is 0.0216. The number of benzene rings is 1. The van der Waals surface area contributed by atoms with E-state index < -0.39 is 29.5 Å². The molecule has 0 saturated carbocycles. The third-order valence-corrected chi connectivity index (χ3v) is 3.60. The first kappa shape index (κ1) is 17.3. The van der Waals surface area contributed by atoms with Crippen LogP contribution in [0.3, 0.4) is 0 Å². The Bertz CT molecular complexity index is 712. The first-order valence-corrected chi connectivity index (χ1v) is 7.32. The number of ether oxygens (including phenoxy) is 1. The maximum atomic E-state index is 13.7. The van der Waals surface area contributed by atoms with Crippen LogP contribution in [0, 0.1) is 11.6 Å². The standard InChI is InChI=1S/C15H11F4NO2S/c1-8(10-5-4-9(16)7-12(10)17)22-14(21)11-3-2-6-20-13(11)23-15(18)19/h2-8,15H,1H3. The number of hydrogen-bond acceptors (Lipinski definition) is 4. The lowest BCUT2D eigenvalue weighted by atomic mass is 10.1. The number of rotatable bonds is 5. The minimum Gasteiger partial charge on any atom is -0.454 e. The molecule has 2 rings (SSSR count). The molecule has 0 spiro atoms. The van der Waals surface area contributed by atoms with E-state index in [0.717, 1.165) is 12.1 Å². The SMILES string of the molecule is CC(OC(=O)c1cccnc1SC(F)F)c1ccc(F)cc1F. The Morgan fingerprint density at radius 1 is 1.26 bits per heavy atom. The van der Waals surface area contributed by atoms with Crippen LogP contribution in [0.15, 0.2) is 41.6 Å². The van der Waals surface area contributed by atoms with Crippen LogP contribution in [-0.2, 0) is 4.74 Å². The predicted octanol–water partition coefficient (Wildman–Crippen LogP) is 4.59. The molecular formula is C15H11F4NO2S. The highest BCUT2D eigenvalue weighted by molar-refractivity contribution is 7.99. The van der Waals surface area contributed by atoms with Gasteiger partial charge in [-0.1, -0.05) is 0 Å². The van der Waals surface area contributed by atoms with E-state index in [1.165, 1.54) is 25.3 Å². The zero-order valence-corrected chi connectivity index (χ0v) is 12.6. The summed E-state index contributed by atoms with van der Waals surface area (Å²) in [5.41, 5.74) is -0.168. The normalized spacial score (nSPS) is 12.3. The van der Waals surface area contributed by atoms with Gasteiger partial charge in [0.15, 0.2) is 0 Å². The number of aromatic nitrogens is 1. The van der Waals surface area contributed by atoms with E-state index in [4.69, 9.17) is 4.74 Å². The molecule has 0 saturated heterocycles. The number of pyridine rings is 1. The number of carbonyl (C=O) groups excluding carboxylic acids is 1. The van der Waals surface area contributed by atoms with Crippen LogP contribution in [0.1, 0.15) is 28.9 Å². The highest BCUT2D eigenvalue weighted by Gasteiger charge is 2.21. The highest BCUT2D eigenvalue weighted by Crippen LogP contribution is 2.28. The molecule has 1 unspecified atom stereocenters. The molecule has 0 radical (unpaired) electrons. The van der Waals surface area contributed by atoms with Gasteiger partial charge in [0.1, 0.15) is 22.8 Å². The number of alkyl halides is 2. The zero-order chi connectivity index (χ0) is 17.0. The van der Waals surface area contributed by atoms with Gasteiger partial charge in [-0.3, -0.25) is 0 Å². The summed E-state index contributed by atoms with van der Waals surface area (Å²) in [5.74, 6) is -5.28. The Hall–Kier alpha value is -2.09. The maximum absolute atomic E-state index is 13.7. The fraction of sp³-hybridized carbons (Fsp3) is 0.200. The van der Waals surface area contributed by atoms with Gasteiger partial charge in [-0.2, -0.15) is 8.78 Å². The van der Waals surface area contributed by atoms with Gasteiger partial charge in [-0.15, -0.1) is 0 Å². The fourth-order valence-corrected chi connectivity index (χ4v) is 2.41. The second kappa shape index (κ2) is 7.45. The summed E-state index contributed by atoms with van der Waals surface area (Å²) >= 11 is 0.112. The van der Waals surface area contributed by atoms with E-state index in [2.05, 4.69) is 4.98 Å². The molecule has 1 aromatic carbocycles. The lowest BCUT2D eigenvalue weighted by Crippen LogP contribution is -2.12. The molecule has 3 nitrogen and oxygen atoms in total. The molecule has 0 N–H and O–H groups in total. The lowest BCUT2D eigenvalue weighted by Gasteiger charge is -2.15. The van der Waals surface area contributed by atoms with Crippen LogP contribution in [0.5, 0.6) is 0 Å². The van der Waals surface area contributed by atoms with Crippen molar-refractivity contribution >= 4 is 17.7 Å². The van der Waals surface area contributed by atoms with E-state index in [0.29, 0.717) is 6.07 Å². The molecule has 2 aromatic rings. The smallest absolute Gasteiger partial charge is 0.341 e. The molecular weight excluding hydrogens is 334 g/mol. The van der Waals surface area contributed by atoms with E-state index in [1.54, 1.807) is 0 Å². The average molecular weight is 345 g/mol. The topological polar surface area (TPSA) is 39.2 Å². The number of thioether (sulfide) groups is 1. The average Bonchev–Trinajstić information content (AvgIpc) is 2.46. The maximum Gasteiger partial charge on any atom is 0.341 e. The molecule has 122 valence electrons. The Balaban J connectivity index is 2.18. The molecule has 0 fully saturated rings. The number of carbonyl (C=O) groups is 1. The molecule has 0 aliphatic carbocycles. The fourth-order valence-electron chi connectivity index (χ4n) is 1.84. The molecule has 0 aliphatic rings. The Kier molecular flexibility index (Phi) is 5.59. The van der Waals surface area contributed by atoms with Crippen molar-refractivity contribution in [1.82, 2.24) is 4.98 Å². The molecule has 0 bridgehead atoms. The zero-order valence-electron chi connectivity index (χ0n) is 11.8. The van der Waals surface area contributed by atoms with Gasteiger partial charge in [-0.25, -0.2) is 18.6 Å². The third kappa shape index (κ3) is 4.44.